The molecule has 2 nitrogen and oxygen atoms in total. The smallest absolute Gasteiger partial charge is 0.0705 e. The van der Waals surface area contributed by atoms with E-state index >= 15 is 0 Å². The second-order valence-corrected chi connectivity index (χ2v) is 4.93. The van der Waals surface area contributed by atoms with E-state index in [0.717, 1.165) is 6.61 Å². The van der Waals surface area contributed by atoms with E-state index in [0.29, 0.717) is 12.0 Å². The molecule has 0 aliphatic rings. The zero-order chi connectivity index (χ0) is 11.5. The highest BCUT2D eigenvalue weighted by atomic mass is 16.6. The minimum atomic E-state index is 0.491. The number of hydroxylamine groups is 1. The summed E-state index contributed by atoms with van der Waals surface area (Å²) in [5.41, 5.74) is 3.10. The second-order valence-electron chi connectivity index (χ2n) is 4.93. The van der Waals surface area contributed by atoms with Crippen LogP contribution in [0.3, 0.4) is 0 Å². The molecule has 0 saturated heterocycles. The van der Waals surface area contributed by atoms with Crippen molar-refractivity contribution in [2.75, 3.05) is 6.61 Å². The first kappa shape index (κ1) is 14.9. The Hall–Kier alpha value is -0.0800. The molecule has 15 heavy (non-hydrogen) atoms. The van der Waals surface area contributed by atoms with Crippen LogP contribution in [0.25, 0.3) is 0 Å². The predicted molar refractivity (Wildman–Crippen MR) is 66.8 cm³/mol. The molecule has 0 radical (unpaired) electrons. The summed E-state index contributed by atoms with van der Waals surface area (Å²) in [6, 6.07) is 0.491. The van der Waals surface area contributed by atoms with Gasteiger partial charge in [0.25, 0.3) is 0 Å². The molecule has 92 valence electrons. The molecule has 0 fully saturated rings. The molecule has 1 atom stereocenters. The largest absolute Gasteiger partial charge is 0.301 e. The van der Waals surface area contributed by atoms with Crippen LogP contribution < -0.4 is 5.48 Å². The fraction of sp³-hybridized carbons (Fsp3) is 1.00. The maximum atomic E-state index is 5.39. The molecular formula is C13H29NO. The fourth-order valence-corrected chi connectivity index (χ4v) is 1.47. The summed E-state index contributed by atoms with van der Waals surface area (Å²) in [6.07, 6.45) is 8.00. The van der Waals surface area contributed by atoms with Crippen LogP contribution in [-0.4, -0.2) is 12.6 Å². The van der Waals surface area contributed by atoms with Gasteiger partial charge in [-0.2, -0.15) is 5.48 Å². The molecule has 1 unspecified atom stereocenters. The second kappa shape index (κ2) is 10.4. The molecule has 0 aliphatic heterocycles. The Labute approximate surface area is 95.7 Å². The van der Waals surface area contributed by atoms with Crippen LogP contribution in [0.2, 0.25) is 0 Å². The van der Waals surface area contributed by atoms with Crippen molar-refractivity contribution in [2.45, 2.75) is 72.3 Å². The zero-order valence-electron chi connectivity index (χ0n) is 11.0. The van der Waals surface area contributed by atoms with Crippen molar-refractivity contribution in [1.29, 1.82) is 0 Å². The Bertz CT molecular complexity index is 126. The van der Waals surface area contributed by atoms with E-state index in [1.165, 1.54) is 38.5 Å². The molecule has 0 rings (SSSR count). The number of hydrogen-bond acceptors (Lipinski definition) is 2. The summed E-state index contributed by atoms with van der Waals surface area (Å²) < 4.78 is 0. The van der Waals surface area contributed by atoms with Crippen LogP contribution in [-0.2, 0) is 4.84 Å². The van der Waals surface area contributed by atoms with Gasteiger partial charge in [0, 0.05) is 6.04 Å². The quantitative estimate of drug-likeness (QED) is 0.440. The summed E-state index contributed by atoms with van der Waals surface area (Å²) >= 11 is 0. The number of hydrogen-bond donors (Lipinski definition) is 1. The standard InChI is InChI=1S/C13H29NO/c1-5-6-7-8-9-10-13(4)14-15-11-12(2)3/h12-14H,5-11H2,1-4H3. The van der Waals surface area contributed by atoms with E-state index in [-0.39, 0.29) is 0 Å². The molecular weight excluding hydrogens is 186 g/mol. The first-order valence-electron chi connectivity index (χ1n) is 6.54. The third-order valence-corrected chi connectivity index (χ3v) is 2.44. The Morgan fingerprint density at radius 2 is 1.67 bits per heavy atom. The summed E-state index contributed by atoms with van der Waals surface area (Å²) in [7, 11) is 0. The van der Waals surface area contributed by atoms with Crippen LogP contribution in [0.5, 0.6) is 0 Å². The van der Waals surface area contributed by atoms with Crippen molar-refractivity contribution in [2.24, 2.45) is 5.92 Å². The Morgan fingerprint density at radius 3 is 2.27 bits per heavy atom. The molecule has 0 bridgehead atoms. The van der Waals surface area contributed by atoms with Crippen LogP contribution in [0.4, 0.5) is 0 Å². The van der Waals surface area contributed by atoms with Gasteiger partial charge in [0.1, 0.15) is 0 Å². The minimum Gasteiger partial charge on any atom is -0.301 e. The highest BCUT2D eigenvalue weighted by molar-refractivity contribution is 4.55. The lowest BCUT2D eigenvalue weighted by Gasteiger charge is -2.14. The van der Waals surface area contributed by atoms with Gasteiger partial charge < -0.3 is 4.84 Å². The lowest BCUT2D eigenvalue weighted by molar-refractivity contribution is 0.00254. The molecule has 0 aromatic heterocycles. The van der Waals surface area contributed by atoms with E-state index in [1.807, 2.05) is 0 Å². The maximum Gasteiger partial charge on any atom is 0.0705 e. The molecule has 2 heteroatoms. The molecule has 0 aromatic carbocycles. The van der Waals surface area contributed by atoms with E-state index < -0.39 is 0 Å². The van der Waals surface area contributed by atoms with Crippen molar-refractivity contribution >= 4 is 0 Å². The van der Waals surface area contributed by atoms with Crippen LogP contribution in [0.1, 0.15) is 66.2 Å². The number of nitrogens with one attached hydrogen (secondary N) is 1. The minimum absolute atomic E-state index is 0.491. The molecule has 0 spiro atoms. The van der Waals surface area contributed by atoms with Gasteiger partial charge in [-0.1, -0.05) is 52.9 Å². The van der Waals surface area contributed by atoms with E-state index in [2.05, 4.69) is 33.2 Å². The summed E-state index contributed by atoms with van der Waals surface area (Å²) in [5.74, 6) is 0.606. The Kier molecular flexibility index (Phi) is 10.4. The highest BCUT2D eigenvalue weighted by Crippen LogP contribution is 2.07. The van der Waals surface area contributed by atoms with E-state index in [1.54, 1.807) is 0 Å². The number of rotatable bonds is 10. The van der Waals surface area contributed by atoms with E-state index in [4.69, 9.17) is 4.84 Å². The lowest BCUT2D eigenvalue weighted by Crippen LogP contribution is -2.27. The van der Waals surface area contributed by atoms with Crippen LogP contribution >= 0.6 is 0 Å². The highest BCUT2D eigenvalue weighted by Gasteiger charge is 2.01. The van der Waals surface area contributed by atoms with Crippen LogP contribution in [0, 0.1) is 5.92 Å². The molecule has 1 N–H and O–H groups in total. The third-order valence-electron chi connectivity index (χ3n) is 2.44. The average Bonchev–Trinajstić information content (AvgIpc) is 2.17. The summed E-state index contributed by atoms with van der Waals surface area (Å²) in [5, 5.41) is 0. The number of unbranched alkanes of at least 4 members (excludes halogenated alkanes) is 4. The van der Waals surface area contributed by atoms with Crippen molar-refractivity contribution < 1.29 is 4.84 Å². The molecule has 0 heterocycles. The van der Waals surface area contributed by atoms with Crippen LogP contribution in [0.15, 0.2) is 0 Å². The maximum absolute atomic E-state index is 5.39. The summed E-state index contributed by atoms with van der Waals surface area (Å²) in [6.45, 7) is 9.58. The normalized spacial score (nSPS) is 13.4. The Morgan fingerprint density at radius 1 is 1.00 bits per heavy atom. The molecule has 0 aromatic rings. The van der Waals surface area contributed by atoms with Crippen molar-refractivity contribution in [3.05, 3.63) is 0 Å². The fourth-order valence-electron chi connectivity index (χ4n) is 1.47. The molecule has 0 aliphatic carbocycles. The van der Waals surface area contributed by atoms with Gasteiger partial charge in [-0.15, -0.1) is 0 Å². The first-order chi connectivity index (χ1) is 7.16. The van der Waals surface area contributed by atoms with Gasteiger partial charge in [0.05, 0.1) is 6.61 Å². The van der Waals surface area contributed by atoms with Gasteiger partial charge in [-0.05, 0) is 19.3 Å². The van der Waals surface area contributed by atoms with Gasteiger partial charge in [-0.3, -0.25) is 0 Å². The van der Waals surface area contributed by atoms with Gasteiger partial charge in [0.15, 0.2) is 0 Å². The average molecular weight is 215 g/mol. The molecule has 0 amide bonds. The van der Waals surface area contributed by atoms with E-state index in [9.17, 15) is 0 Å². The molecule has 0 saturated carbocycles. The monoisotopic (exact) mass is 215 g/mol. The van der Waals surface area contributed by atoms with Gasteiger partial charge >= 0.3 is 0 Å². The predicted octanol–water partition coefficient (Wildman–Crippen LogP) is 3.91. The van der Waals surface area contributed by atoms with Crippen molar-refractivity contribution in [3.63, 3.8) is 0 Å². The van der Waals surface area contributed by atoms with Gasteiger partial charge in [-0.25, -0.2) is 0 Å². The first-order valence-corrected chi connectivity index (χ1v) is 6.54. The Balaban J connectivity index is 3.15. The van der Waals surface area contributed by atoms with Gasteiger partial charge in [0.2, 0.25) is 0 Å². The summed E-state index contributed by atoms with van der Waals surface area (Å²) in [4.78, 5) is 5.39. The third kappa shape index (κ3) is 11.8. The zero-order valence-corrected chi connectivity index (χ0v) is 11.0. The lowest BCUT2D eigenvalue weighted by atomic mass is 10.1. The SMILES string of the molecule is CCCCCCCC(C)NOCC(C)C. The van der Waals surface area contributed by atoms with Crippen molar-refractivity contribution in [3.8, 4) is 0 Å². The van der Waals surface area contributed by atoms with Crippen molar-refractivity contribution in [1.82, 2.24) is 5.48 Å². The topological polar surface area (TPSA) is 21.3 Å².